The van der Waals surface area contributed by atoms with E-state index in [1.165, 1.54) is 35.6 Å². The zero-order valence-corrected chi connectivity index (χ0v) is 14.4. The number of hydrogen-bond donors (Lipinski definition) is 0. The van der Waals surface area contributed by atoms with Crippen molar-refractivity contribution in [3.63, 3.8) is 0 Å². The number of aryl methyl sites for hydroxylation is 1. The third-order valence-electron chi connectivity index (χ3n) is 3.59. The molecule has 1 heterocycles. The van der Waals surface area contributed by atoms with E-state index in [1.54, 1.807) is 11.6 Å². The highest BCUT2D eigenvalue weighted by molar-refractivity contribution is 7.16. The van der Waals surface area contributed by atoms with Crippen molar-refractivity contribution < 1.29 is 14.5 Å². The second-order valence-electron chi connectivity index (χ2n) is 5.20. The van der Waals surface area contributed by atoms with Gasteiger partial charge in [-0.05, 0) is 25.1 Å². The van der Waals surface area contributed by atoms with Gasteiger partial charge in [-0.15, -0.1) is 0 Å². The van der Waals surface area contributed by atoms with E-state index in [4.69, 9.17) is 4.74 Å². The average Bonchev–Trinajstić information content (AvgIpc) is 2.92. The Bertz CT molecular complexity index is 1040. The largest absolute Gasteiger partial charge is 0.492 e. The first-order chi connectivity index (χ1) is 12.0. The lowest BCUT2D eigenvalue weighted by molar-refractivity contribution is -0.384. The van der Waals surface area contributed by atoms with Gasteiger partial charge in [0.25, 0.3) is 11.6 Å². The molecule has 0 aliphatic rings. The van der Waals surface area contributed by atoms with Crippen LogP contribution in [0.1, 0.15) is 17.3 Å². The van der Waals surface area contributed by atoms with Crippen molar-refractivity contribution in [1.82, 2.24) is 4.57 Å². The summed E-state index contributed by atoms with van der Waals surface area (Å²) in [5, 5.41) is 10.9. The van der Waals surface area contributed by atoms with Crippen LogP contribution in [0, 0.1) is 10.1 Å². The van der Waals surface area contributed by atoms with E-state index in [0.717, 1.165) is 16.0 Å². The predicted molar refractivity (Wildman–Crippen MR) is 95.0 cm³/mol. The number of hydrogen-bond acceptors (Lipinski definition) is 5. The topological polar surface area (TPSA) is 86.7 Å². The average molecular weight is 357 g/mol. The van der Waals surface area contributed by atoms with Gasteiger partial charge in [-0.1, -0.05) is 23.5 Å². The van der Waals surface area contributed by atoms with Gasteiger partial charge < -0.3 is 9.30 Å². The van der Waals surface area contributed by atoms with Gasteiger partial charge in [0.1, 0.15) is 11.3 Å². The fourth-order valence-electron chi connectivity index (χ4n) is 2.45. The lowest BCUT2D eigenvalue weighted by Crippen LogP contribution is -2.13. The van der Waals surface area contributed by atoms with Crippen LogP contribution in [-0.4, -0.2) is 22.0 Å². The van der Waals surface area contributed by atoms with Crippen molar-refractivity contribution >= 4 is 33.1 Å². The molecule has 0 fully saturated rings. The van der Waals surface area contributed by atoms with Crippen LogP contribution < -0.4 is 9.54 Å². The molecule has 128 valence electrons. The van der Waals surface area contributed by atoms with Gasteiger partial charge >= 0.3 is 0 Å². The number of nitrogens with zero attached hydrogens (tertiary/aromatic N) is 3. The van der Waals surface area contributed by atoms with Crippen molar-refractivity contribution in [1.29, 1.82) is 0 Å². The number of nitro benzene ring substituents is 1. The first kappa shape index (κ1) is 16.8. The third kappa shape index (κ3) is 3.29. The summed E-state index contributed by atoms with van der Waals surface area (Å²) in [6, 6.07) is 11.2. The molecule has 0 saturated carbocycles. The summed E-state index contributed by atoms with van der Waals surface area (Å²) in [6.07, 6.45) is 0. The predicted octanol–water partition coefficient (Wildman–Crippen LogP) is 3.29. The van der Waals surface area contributed by atoms with E-state index < -0.39 is 10.8 Å². The van der Waals surface area contributed by atoms with E-state index in [9.17, 15) is 14.9 Å². The number of fused-ring (bicyclic) bond motifs is 1. The minimum absolute atomic E-state index is 0.139. The molecule has 0 radical (unpaired) electrons. The van der Waals surface area contributed by atoms with Crippen LogP contribution in [0.5, 0.6) is 5.75 Å². The number of carbonyl (C=O) groups is 1. The van der Waals surface area contributed by atoms with Crippen LogP contribution in [0.15, 0.2) is 47.5 Å². The zero-order valence-electron chi connectivity index (χ0n) is 13.6. The Labute approximate surface area is 147 Å². The number of nitro groups is 1. The lowest BCUT2D eigenvalue weighted by atomic mass is 10.2. The summed E-state index contributed by atoms with van der Waals surface area (Å²) in [5.74, 6) is 0.201. The Morgan fingerprint density at radius 1 is 1.32 bits per heavy atom. The first-order valence-electron chi connectivity index (χ1n) is 7.56. The van der Waals surface area contributed by atoms with Gasteiger partial charge in [-0.2, -0.15) is 4.99 Å². The van der Waals surface area contributed by atoms with Crippen LogP contribution in [0.3, 0.4) is 0 Å². The molecule has 1 amide bonds. The number of carbonyl (C=O) groups excluding carboxylic acids is 1. The highest BCUT2D eigenvalue weighted by Crippen LogP contribution is 2.26. The van der Waals surface area contributed by atoms with Crippen molar-refractivity contribution in [2.45, 2.75) is 6.92 Å². The van der Waals surface area contributed by atoms with Crippen LogP contribution in [0.2, 0.25) is 0 Å². The quantitative estimate of drug-likeness (QED) is 0.529. The third-order valence-corrected chi connectivity index (χ3v) is 4.68. The van der Waals surface area contributed by atoms with E-state index in [2.05, 4.69) is 4.99 Å². The molecule has 1 aromatic heterocycles. The second-order valence-corrected chi connectivity index (χ2v) is 6.21. The molecule has 0 bridgehead atoms. The van der Waals surface area contributed by atoms with Crippen LogP contribution >= 0.6 is 11.3 Å². The maximum atomic E-state index is 12.4. The summed E-state index contributed by atoms with van der Waals surface area (Å²) in [7, 11) is 1.81. The zero-order chi connectivity index (χ0) is 18.0. The molecule has 0 aliphatic heterocycles. The Kier molecular flexibility index (Phi) is 4.62. The van der Waals surface area contributed by atoms with E-state index in [1.807, 2.05) is 25.1 Å². The monoisotopic (exact) mass is 357 g/mol. The molecular formula is C17H15N3O4S. The second kappa shape index (κ2) is 6.86. The van der Waals surface area contributed by atoms with Crippen molar-refractivity contribution in [2.24, 2.45) is 12.0 Å². The SMILES string of the molecule is CCOc1cccc2sc(=NC(=O)c3cccc([N+](=O)[O-])c3)n(C)c12. The number of thiazole rings is 1. The van der Waals surface area contributed by atoms with Crippen LogP contribution in [0.25, 0.3) is 10.2 Å². The number of para-hydroxylation sites is 1. The van der Waals surface area contributed by atoms with Gasteiger partial charge in [0, 0.05) is 24.7 Å². The van der Waals surface area contributed by atoms with Crippen molar-refractivity contribution in [2.75, 3.05) is 6.61 Å². The fraction of sp³-hybridized carbons (Fsp3) is 0.176. The summed E-state index contributed by atoms with van der Waals surface area (Å²) in [5.41, 5.74) is 0.900. The smallest absolute Gasteiger partial charge is 0.279 e. The fourth-order valence-corrected chi connectivity index (χ4v) is 3.49. The van der Waals surface area contributed by atoms with Crippen molar-refractivity contribution in [3.8, 4) is 5.75 Å². The Morgan fingerprint density at radius 3 is 2.80 bits per heavy atom. The number of benzene rings is 2. The van der Waals surface area contributed by atoms with Crippen molar-refractivity contribution in [3.05, 3.63) is 62.9 Å². The molecule has 0 unspecified atom stereocenters. The highest BCUT2D eigenvalue weighted by atomic mass is 32.1. The molecule has 0 atom stereocenters. The molecule has 7 nitrogen and oxygen atoms in total. The van der Waals surface area contributed by atoms with Crippen LogP contribution in [0.4, 0.5) is 5.69 Å². The maximum Gasteiger partial charge on any atom is 0.279 e. The van der Waals surface area contributed by atoms with E-state index in [-0.39, 0.29) is 11.3 Å². The molecule has 0 aliphatic carbocycles. The minimum atomic E-state index is -0.537. The molecule has 0 spiro atoms. The van der Waals surface area contributed by atoms with E-state index in [0.29, 0.717) is 11.4 Å². The summed E-state index contributed by atoms with van der Waals surface area (Å²) >= 11 is 1.36. The van der Waals surface area contributed by atoms with Gasteiger partial charge in [0.2, 0.25) is 0 Å². The van der Waals surface area contributed by atoms with Gasteiger partial charge in [-0.25, -0.2) is 0 Å². The maximum absolute atomic E-state index is 12.4. The summed E-state index contributed by atoms with van der Waals surface area (Å²) in [4.78, 5) is 27.3. The minimum Gasteiger partial charge on any atom is -0.492 e. The number of rotatable bonds is 4. The number of non-ortho nitro benzene ring substituents is 1. The summed E-state index contributed by atoms with van der Waals surface area (Å²) in [6.45, 7) is 2.44. The molecule has 2 aromatic carbocycles. The molecule has 8 heteroatoms. The molecular weight excluding hydrogens is 342 g/mol. The molecule has 0 N–H and O–H groups in total. The van der Waals surface area contributed by atoms with Gasteiger partial charge in [-0.3, -0.25) is 14.9 Å². The van der Waals surface area contributed by atoms with Gasteiger partial charge in [0.05, 0.1) is 16.2 Å². The Balaban J connectivity index is 2.08. The van der Waals surface area contributed by atoms with Crippen LogP contribution in [-0.2, 0) is 7.05 Å². The summed E-state index contributed by atoms with van der Waals surface area (Å²) < 4.78 is 8.36. The molecule has 3 aromatic rings. The highest BCUT2D eigenvalue weighted by Gasteiger charge is 2.13. The molecule has 3 rings (SSSR count). The van der Waals surface area contributed by atoms with Gasteiger partial charge in [0.15, 0.2) is 4.80 Å². The Morgan fingerprint density at radius 2 is 2.08 bits per heavy atom. The molecule has 0 saturated heterocycles. The number of aromatic nitrogens is 1. The first-order valence-corrected chi connectivity index (χ1v) is 8.37. The normalized spacial score (nSPS) is 11.7. The van der Waals surface area contributed by atoms with E-state index >= 15 is 0 Å². The standard InChI is InChI=1S/C17H15N3O4S/c1-3-24-13-8-5-9-14-15(13)19(2)17(25-14)18-16(21)11-6-4-7-12(10-11)20(22)23/h4-10H,3H2,1-2H3. The number of ether oxygens (including phenoxy) is 1. The number of amides is 1. The Hall–Kier alpha value is -3.00. The lowest BCUT2D eigenvalue weighted by Gasteiger charge is -2.05. The molecule has 25 heavy (non-hydrogen) atoms.